The highest BCUT2D eigenvalue weighted by Gasteiger charge is 2.31. The molecule has 1 fully saturated rings. The molecule has 2 aliphatic heterocycles. The highest BCUT2D eigenvalue weighted by Crippen LogP contribution is 2.29. The Bertz CT molecular complexity index is 1570. The van der Waals surface area contributed by atoms with Crippen molar-refractivity contribution < 1.29 is 37.8 Å². The van der Waals surface area contributed by atoms with E-state index in [0.29, 0.717) is 73.7 Å². The van der Waals surface area contributed by atoms with Crippen molar-refractivity contribution >= 4 is 23.3 Å². The molecule has 1 saturated heterocycles. The second-order valence-corrected chi connectivity index (χ2v) is 13.9. The van der Waals surface area contributed by atoms with E-state index >= 15 is 0 Å². The fourth-order valence-electron chi connectivity index (χ4n) is 6.50. The Hall–Kier alpha value is -4.17. The minimum atomic E-state index is -0.481. The summed E-state index contributed by atoms with van der Waals surface area (Å²) in [5.41, 5.74) is 2.88. The zero-order valence-electron chi connectivity index (χ0n) is 31.4. The Labute approximate surface area is 307 Å². The number of benzene rings is 2. The molecule has 0 bridgehead atoms. The number of urea groups is 1. The molecular weight excluding hydrogens is 666 g/mol. The van der Waals surface area contributed by atoms with Gasteiger partial charge in [-0.15, -0.1) is 0 Å². The molecule has 3 aromatic rings. The molecule has 2 aromatic carbocycles. The number of anilines is 2. The highest BCUT2D eigenvalue weighted by atomic mass is 16.5. The summed E-state index contributed by atoms with van der Waals surface area (Å²) in [4.78, 5) is 32.2. The molecule has 4 atom stereocenters. The number of nitrogens with zero attached hydrogens (tertiary/aromatic N) is 3. The van der Waals surface area contributed by atoms with Gasteiger partial charge in [-0.3, -0.25) is 9.69 Å². The Morgan fingerprint density at radius 1 is 1.04 bits per heavy atom. The average molecular weight is 722 g/mol. The van der Waals surface area contributed by atoms with E-state index in [0.717, 1.165) is 50.2 Å². The number of carbonyl (C=O) groups is 2. The second kappa shape index (κ2) is 19.1. The maximum atomic E-state index is 14.8. The number of morpholine rings is 1. The summed E-state index contributed by atoms with van der Waals surface area (Å²) < 4.78 is 35.3. The van der Waals surface area contributed by atoms with Crippen molar-refractivity contribution in [2.24, 2.45) is 5.92 Å². The molecule has 2 N–H and O–H groups in total. The van der Waals surface area contributed by atoms with Gasteiger partial charge in [-0.05, 0) is 82.9 Å². The largest absolute Gasteiger partial charge is 0.497 e. The predicted octanol–water partition coefficient (Wildman–Crippen LogP) is 6.30. The number of amides is 3. The van der Waals surface area contributed by atoms with Crippen molar-refractivity contribution in [2.75, 3.05) is 70.3 Å². The standard InChI is InChI=1S/C39H55N5O8/c1-26-22-44(27(2)24-49-25-31-10-13-33(47-6)14-11-31)38(45)34-21-32(40-39(46)41-37-29(4)42-52-30(37)5)12-15-35(34)51-28(3)9-7-8-18-50-36(26)23-43-16-19-48-20-17-43/h10-15,21,26-28,36H,7-9,16-20,22-25H2,1-6H3,(H2,40,41,46)/t26-,27+,28+,36+/m1/s1. The maximum Gasteiger partial charge on any atom is 0.323 e. The Morgan fingerprint density at radius 2 is 1.81 bits per heavy atom. The van der Waals surface area contributed by atoms with Crippen LogP contribution in [-0.2, 0) is 20.8 Å². The smallest absolute Gasteiger partial charge is 0.323 e. The van der Waals surface area contributed by atoms with Crippen molar-refractivity contribution in [3.8, 4) is 11.5 Å². The van der Waals surface area contributed by atoms with Gasteiger partial charge in [0.15, 0.2) is 5.76 Å². The van der Waals surface area contributed by atoms with Crippen LogP contribution in [-0.4, -0.2) is 105 Å². The van der Waals surface area contributed by atoms with Crippen LogP contribution in [0, 0.1) is 19.8 Å². The van der Waals surface area contributed by atoms with Gasteiger partial charge in [-0.1, -0.05) is 24.2 Å². The van der Waals surface area contributed by atoms with Crippen LogP contribution in [0.4, 0.5) is 16.2 Å². The molecule has 0 saturated carbocycles. The van der Waals surface area contributed by atoms with Gasteiger partial charge in [0.05, 0.1) is 57.4 Å². The minimum absolute atomic E-state index is 0.00389. The van der Waals surface area contributed by atoms with Gasteiger partial charge in [-0.25, -0.2) is 4.79 Å². The number of aromatic nitrogens is 1. The summed E-state index contributed by atoms with van der Waals surface area (Å²) in [5.74, 6) is 1.53. The summed E-state index contributed by atoms with van der Waals surface area (Å²) in [7, 11) is 1.64. The number of methoxy groups -OCH3 is 1. The molecule has 1 aromatic heterocycles. The van der Waals surface area contributed by atoms with Gasteiger partial charge in [-0.2, -0.15) is 0 Å². The molecule has 13 heteroatoms. The van der Waals surface area contributed by atoms with E-state index in [2.05, 4.69) is 27.6 Å². The van der Waals surface area contributed by atoms with Crippen LogP contribution in [0.2, 0.25) is 0 Å². The van der Waals surface area contributed by atoms with Crippen molar-refractivity contribution in [2.45, 2.75) is 78.7 Å². The molecule has 0 aliphatic carbocycles. The third-order valence-electron chi connectivity index (χ3n) is 9.65. The number of aryl methyl sites for hydroxylation is 2. The van der Waals surface area contributed by atoms with Gasteiger partial charge in [0.1, 0.15) is 22.9 Å². The Kier molecular flexibility index (Phi) is 14.3. The van der Waals surface area contributed by atoms with E-state index in [1.165, 1.54) is 0 Å². The summed E-state index contributed by atoms with van der Waals surface area (Å²) in [6.45, 7) is 15.3. The van der Waals surface area contributed by atoms with Crippen LogP contribution in [0.1, 0.15) is 67.4 Å². The van der Waals surface area contributed by atoms with Gasteiger partial charge in [0, 0.05) is 44.4 Å². The molecule has 3 amide bonds. The number of nitrogens with one attached hydrogen (secondary N) is 2. The van der Waals surface area contributed by atoms with Gasteiger partial charge >= 0.3 is 6.03 Å². The number of rotatable bonds is 10. The van der Waals surface area contributed by atoms with Crippen LogP contribution in [0.15, 0.2) is 47.0 Å². The third kappa shape index (κ3) is 10.9. The molecule has 0 unspecified atom stereocenters. The van der Waals surface area contributed by atoms with Crippen LogP contribution < -0.4 is 20.1 Å². The van der Waals surface area contributed by atoms with E-state index in [4.69, 9.17) is 28.2 Å². The molecule has 284 valence electrons. The lowest BCUT2D eigenvalue weighted by Gasteiger charge is -2.37. The summed E-state index contributed by atoms with van der Waals surface area (Å²) >= 11 is 0. The first-order valence-electron chi connectivity index (χ1n) is 18.4. The Balaban J connectivity index is 1.42. The number of hydrogen-bond donors (Lipinski definition) is 2. The monoisotopic (exact) mass is 721 g/mol. The SMILES string of the molecule is COc1ccc(COC[C@H](C)N2C[C@@H](C)[C@H](CN3CCOCC3)OCCCC[C@H](C)Oc3ccc(NC(=O)Nc4c(C)noc4C)cc3C2=O)cc1. The fraction of sp³-hybridized carbons (Fsp3) is 0.564. The van der Waals surface area contributed by atoms with E-state index in [1.807, 2.05) is 43.0 Å². The molecule has 5 rings (SSSR count). The molecular formula is C39H55N5O8. The van der Waals surface area contributed by atoms with Crippen LogP contribution in [0.25, 0.3) is 0 Å². The van der Waals surface area contributed by atoms with E-state index in [1.54, 1.807) is 39.2 Å². The van der Waals surface area contributed by atoms with E-state index in [-0.39, 0.29) is 30.1 Å². The lowest BCUT2D eigenvalue weighted by atomic mass is 10.0. The lowest BCUT2D eigenvalue weighted by molar-refractivity contribution is -0.0412. The Morgan fingerprint density at radius 3 is 2.52 bits per heavy atom. The van der Waals surface area contributed by atoms with Crippen LogP contribution in [0.5, 0.6) is 11.5 Å². The first kappa shape index (κ1) is 39.0. The third-order valence-corrected chi connectivity index (χ3v) is 9.65. The van der Waals surface area contributed by atoms with Crippen molar-refractivity contribution in [1.29, 1.82) is 0 Å². The van der Waals surface area contributed by atoms with Gasteiger partial charge < -0.3 is 43.7 Å². The summed E-state index contributed by atoms with van der Waals surface area (Å²) in [5, 5.41) is 9.59. The summed E-state index contributed by atoms with van der Waals surface area (Å²) in [6.07, 6.45) is 2.42. The fourth-order valence-corrected chi connectivity index (χ4v) is 6.50. The zero-order valence-corrected chi connectivity index (χ0v) is 31.4. The van der Waals surface area contributed by atoms with Crippen molar-refractivity contribution in [3.63, 3.8) is 0 Å². The number of fused-ring (bicyclic) bond motifs is 1. The van der Waals surface area contributed by atoms with Crippen LogP contribution >= 0.6 is 0 Å². The van der Waals surface area contributed by atoms with E-state index in [9.17, 15) is 9.59 Å². The van der Waals surface area contributed by atoms with E-state index < -0.39 is 6.03 Å². The first-order chi connectivity index (χ1) is 25.1. The number of hydrogen-bond acceptors (Lipinski definition) is 10. The van der Waals surface area contributed by atoms with Crippen LogP contribution in [0.3, 0.4) is 0 Å². The molecule has 2 aliphatic rings. The van der Waals surface area contributed by atoms with Gasteiger partial charge in [0.25, 0.3) is 5.91 Å². The number of carbonyl (C=O) groups excluding carboxylic acids is 2. The quantitative estimate of drug-likeness (QED) is 0.246. The highest BCUT2D eigenvalue weighted by molar-refractivity contribution is 6.03. The average Bonchev–Trinajstić information content (AvgIpc) is 3.45. The maximum absolute atomic E-state index is 14.8. The second-order valence-electron chi connectivity index (χ2n) is 13.9. The van der Waals surface area contributed by atoms with Gasteiger partial charge in [0.2, 0.25) is 0 Å². The lowest BCUT2D eigenvalue weighted by Crippen LogP contribution is -2.49. The number of ether oxygens (including phenoxy) is 5. The molecule has 0 spiro atoms. The molecule has 52 heavy (non-hydrogen) atoms. The first-order valence-corrected chi connectivity index (χ1v) is 18.4. The molecule has 3 heterocycles. The topological polar surface area (TPSA) is 137 Å². The van der Waals surface area contributed by atoms with Crippen molar-refractivity contribution in [3.05, 3.63) is 65.0 Å². The summed E-state index contributed by atoms with van der Waals surface area (Å²) in [6, 6.07) is 12.2. The minimum Gasteiger partial charge on any atom is -0.497 e. The van der Waals surface area contributed by atoms with Crippen molar-refractivity contribution in [1.82, 2.24) is 15.0 Å². The zero-order chi connectivity index (χ0) is 37.0. The molecule has 0 radical (unpaired) electrons. The predicted molar refractivity (Wildman–Crippen MR) is 198 cm³/mol. The normalized spacial score (nSPS) is 21.4. The molecule has 13 nitrogen and oxygen atoms in total.